The number of esters is 1. The third kappa shape index (κ3) is 47.6. The van der Waals surface area contributed by atoms with Crippen LogP contribution < -0.4 is 5.32 Å². The van der Waals surface area contributed by atoms with Crippen LogP contribution in [0, 0.1) is 0 Å². The van der Waals surface area contributed by atoms with Gasteiger partial charge in [-0.3, -0.25) is 9.59 Å². The second-order valence-corrected chi connectivity index (χ2v) is 18.6. The molecular weight excluding hydrogens is 767 g/mol. The van der Waals surface area contributed by atoms with Gasteiger partial charge in [0.15, 0.2) is 0 Å². The molecule has 0 heterocycles. The van der Waals surface area contributed by atoms with Crippen LogP contribution >= 0.6 is 0 Å². The monoisotopic (exact) mass is 872 g/mol. The Balaban J connectivity index is 3.39. The fraction of sp³-hybridized carbons (Fsp3) is 0.857. The van der Waals surface area contributed by atoms with Crippen LogP contribution in [-0.2, 0) is 14.3 Å². The van der Waals surface area contributed by atoms with Gasteiger partial charge in [0.05, 0.1) is 25.4 Å². The van der Waals surface area contributed by atoms with Gasteiger partial charge in [-0.25, -0.2) is 0 Å². The molecule has 0 aromatic rings. The molecule has 1 amide bonds. The van der Waals surface area contributed by atoms with E-state index in [4.69, 9.17) is 4.74 Å². The predicted octanol–water partition coefficient (Wildman–Crippen LogP) is 16.5. The highest BCUT2D eigenvalue weighted by molar-refractivity contribution is 5.76. The number of unbranched alkanes of at least 4 members (excludes halogenated alkanes) is 33. The number of rotatable bonds is 50. The summed E-state index contributed by atoms with van der Waals surface area (Å²) in [5, 5.41) is 23.1. The highest BCUT2D eigenvalue weighted by atomic mass is 16.5. The predicted molar refractivity (Wildman–Crippen MR) is 269 cm³/mol. The number of hydrogen-bond acceptors (Lipinski definition) is 5. The quantitative estimate of drug-likeness (QED) is 0.0321. The number of ether oxygens (including phenoxy) is 1. The lowest BCUT2D eigenvalue weighted by atomic mass is 10.0. The van der Waals surface area contributed by atoms with Crippen LogP contribution in [0.3, 0.4) is 0 Å². The summed E-state index contributed by atoms with van der Waals surface area (Å²) in [6, 6.07) is -0.544. The van der Waals surface area contributed by atoms with E-state index in [1.807, 2.05) is 0 Å². The smallest absolute Gasteiger partial charge is 0.305 e. The Labute approximate surface area is 385 Å². The Morgan fingerprint density at radius 2 is 0.839 bits per heavy atom. The first-order valence-corrected chi connectivity index (χ1v) is 27.2. The topological polar surface area (TPSA) is 95.9 Å². The third-order valence-electron chi connectivity index (χ3n) is 12.4. The molecule has 0 aromatic carbocycles. The lowest BCUT2D eigenvalue weighted by Crippen LogP contribution is -2.45. The van der Waals surface area contributed by atoms with Gasteiger partial charge in [-0.1, -0.05) is 230 Å². The average Bonchev–Trinajstić information content (AvgIpc) is 3.27. The highest BCUT2D eigenvalue weighted by Crippen LogP contribution is 2.16. The molecule has 0 radical (unpaired) electrons. The number of allylic oxidation sites excluding steroid dienone is 6. The maximum atomic E-state index is 12.4. The summed E-state index contributed by atoms with van der Waals surface area (Å²) >= 11 is 0. The average molecular weight is 872 g/mol. The Hall–Kier alpha value is -1.92. The van der Waals surface area contributed by atoms with E-state index in [0.29, 0.717) is 25.9 Å². The van der Waals surface area contributed by atoms with E-state index >= 15 is 0 Å². The minimum absolute atomic E-state index is 0.00450. The van der Waals surface area contributed by atoms with Crippen molar-refractivity contribution in [3.8, 4) is 0 Å². The standard InChI is InChI=1S/C56H105NO5/c1-3-5-7-9-11-13-14-26-30-34-38-42-46-50-56(61)62-51-47-43-39-35-31-28-25-23-21-19-17-15-16-18-20-22-24-27-29-33-37-41-45-49-55(60)57-53(52-58)54(59)48-44-40-36-32-12-10-8-6-4-2/h7,9,13-14,18,20,53-54,58-59H,3-6,8,10-12,15-17,19,21-52H2,1-2H3,(H,57,60)/b9-7-,14-13-,20-18-. The van der Waals surface area contributed by atoms with Crippen molar-refractivity contribution in [3.05, 3.63) is 36.5 Å². The first kappa shape index (κ1) is 60.1. The van der Waals surface area contributed by atoms with Crippen LogP contribution in [0.4, 0.5) is 0 Å². The number of hydrogen-bond donors (Lipinski definition) is 3. The zero-order chi connectivity index (χ0) is 45.1. The molecule has 0 aliphatic heterocycles. The van der Waals surface area contributed by atoms with Gasteiger partial charge in [0.25, 0.3) is 0 Å². The molecule has 2 unspecified atom stereocenters. The highest BCUT2D eigenvalue weighted by Gasteiger charge is 2.20. The van der Waals surface area contributed by atoms with Crippen LogP contribution in [-0.4, -0.2) is 47.4 Å². The molecule has 3 N–H and O–H groups in total. The second-order valence-electron chi connectivity index (χ2n) is 18.6. The van der Waals surface area contributed by atoms with E-state index in [-0.39, 0.29) is 18.5 Å². The number of aliphatic hydroxyl groups is 2. The molecule has 62 heavy (non-hydrogen) atoms. The molecule has 0 bridgehead atoms. The molecule has 2 atom stereocenters. The van der Waals surface area contributed by atoms with Crippen molar-refractivity contribution in [2.75, 3.05) is 13.2 Å². The van der Waals surface area contributed by atoms with Crippen LogP contribution in [0.25, 0.3) is 0 Å². The van der Waals surface area contributed by atoms with Crippen LogP contribution in [0.5, 0.6) is 0 Å². The van der Waals surface area contributed by atoms with Gasteiger partial charge in [0.2, 0.25) is 5.91 Å². The first-order valence-electron chi connectivity index (χ1n) is 27.2. The van der Waals surface area contributed by atoms with Gasteiger partial charge in [-0.05, 0) is 77.0 Å². The summed E-state index contributed by atoms with van der Waals surface area (Å²) in [6.07, 6.45) is 62.8. The van der Waals surface area contributed by atoms with Crippen molar-refractivity contribution in [1.29, 1.82) is 0 Å². The normalized spacial score (nSPS) is 12.9. The van der Waals surface area contributed by atoms with Crippen molar-refractivity contribution in [3.63, 3.8) is 0 Å². The maximum Gasteiger partial charge on any atom is 0.305 e. The lowest BCUT2D eigenvalue weighted by Gasteiger charge is -2.22. The van der Waals surface area contributed by atoms with Crippen molar-refractivity contribution in [1.82, 2.24) is 5.32 Å². The molecule has 0 fully saturated rings. The zero-order valence-electron chi connectivity index (χ0n) is 41.4. The molecule has 6 heteroatoms. The number of aliphatic hydroxyl groups excluding tert-OH is 2. The van der Waals surface area contributed by atoms with Crippen LogP contribution in [0.15, 0.2) is 36.5 Å². The molecular formula is C56H105NO5. The lowest BCUT2D eigenvalue weighted by molar-refractivity contribution is -0.143. The molecule has 0 aliphatic carbocycles. The molecule has 0 aromatic heterocycles. The Morgan fingerprint density at radius 3 is 1.31 bits per heavy atom. The summed E-state index contributed by atoms with van der Waals surface area (Å²) < 4.78 is 5.46. The van der Waals surface area contributed by atoms with E-state index in [2.05, 4.69) is 55.6 Å². The Kier molecular flexibility index (Phi) is 50.1. The van der Waals surface area contributed by atoms with Crippen molar-refractivity contribution >= 4 is 11.9 Å². The van der Waals surface area contributed by atoms with Gasteiger partial charge < -0.3 is 20.3 Å². The minimum Gasteiger partial charge on any atom is -0.466 e. The second kappa shape index (κ2) is 51.7. The van der Waals surface area contributed by atoms with E-state index in [1.54, 1.807) is 0 Å². The number of nitrogens with one attached hydrogen (secondary N) is 1. The van der Waals surface area contributed by atoms with Crippen molar-refractivity contribution in [2.24, 2.45) is 0 Å². The van der Waals surface area contributed by atoms with Gasteiger partial charge in [-0.15, -0.1) is 0 Å². The number of carbonyl (C=O) groups excluding carboxylic acids is 2. The van der Waals surface area contributed by atoms with E-state index in [9.17, 15) is 19.8 Å². The van der Waals surface area contributed by atoms with Gasteiger partial charge in [0, 0.05) is 12.8 Å². The van der Waals surface area contributed by atoms with Crippen LogP contribution in [0.1, 0.15) is 284 Å². The summed E-state index contributed by atoms with van der Waals surface area (Å²) in [4.78, 5) is 24.4. The SMILES string of the molecule is CCC/C=C\C/C=C\CCCCCCCC(=O)OCCCCCCCCCCCCCC/C=C\CCCCCCCCCC(=O)NC(CO)C(O)CCCCCCCCCCC. The van der Waals surface area contributed by atoms with Gasteiger partial charge in [-0.2, -0.15) is 0 Å². The Morgan fingerprint density at radius 1 is 0.452 bits per heavy atom. The van der Waals surface area contributed by atoms with Crippen molar-refractivity contribution < 1.29 is 24.5 Å². The fourth-order valence-corrected chi connectivity index (χ4v) is 8.20. The summed E-state index contributed by atoms with van der Waals surface area (Å²) in [7, 11) is 0. The molecule has 0 aliphatic rings. The van der Waals surface area contributed by atoms with E-state index in [1.165, 1.54) is 199 Å². The molecule has 364 valence electrons. The molecule has 6 nitrogen and oxygen atoms in total. The summed E-state index contributed by atoms with van der Waals surface area (Å²) in [6.45, 7) is 4.85. The number of amides is 1. The van der Waals surface area contributed by atoms with Crippen LogP contribution in [0.2, 0.25) is 0 Å². The minimum atomic E-state index is -0.666. The van der Waals surface area contributed by atoms with Crippen molar-refractivity contribution in [2.45, 2.75) is 296 Å². The first-order chi connectivity index (χ1) is 30.5. The summed E-state index contributed by atoms with van der Waals surface area (Å²) in [5.41, 5.74) is 0. The summed E-state index contributed by atoms with van der Waals surface area (Å²) in [5.74, 6) is -0.0489. The largest absolute Gasteiger partial charge is 0.466 e. The molecule has 0 saturated carbocycles. The van der Waals surface area contributed by atoms with E-state index < -0.39 is 12.1 Å². The van der Waals surface area contributed by atoms with E-state index in [0.717, 1.165) is 51.4 Å². The number of carbonyl (C=O) groups is 2. The molecule has 0 rings (SSSR count). The fourth-order valence-electron chi connectivity index (χ4n) is 8.20. The third-order valence-corrected chi connectivity index (χ3v) is 12.4. The molecule has 0 spiro atoms. The van der Waals surface area contributed by atoms with Gasteiger partial charge in [0.1, 0.15) is 0 Å². The molecule has 0 saturated heterocycles. The Bertz CT molecular complexity index is 1010. The zero-order valence-corrected chi connectivity index (χ0v) is 41.4. The van der Waals surface area contributed by atoms with Gasteiger partial charge >= 0.3 is 5.97 Å². The maximum absolute atomic E-state index is 12.4.